The number of pyridine rings is 1. The Morgan fingerprint density at radius 1 is 1.15 bits per heavy atom. The molecule has 0 atom stereocenters. The zero-order valence-electron chi connectivity index (χ0n) is 15.5. The van der Waals surface area contributed by atoms with Crippen LogP contribution in [-0.2, 0) is 19.3 Å². The van der Waals surface area contributed by atoms with Gasteiger partial charge in [0.25, 0.3) is 5.91 Å². The van der Waals surface area contributed by atoms with Crippen molar-refractivity contribution in [2.75, 3.05) is 6.54 Å². The maximum atomic E-state index is 12.5. The van der Waals surface area contributed by atoms with Gasteiger partial charge in [-0.15, -0.1) is 0 Å². The van der Waals surface area contributed by atoms with Gasteiger partial charge in [-0.1, -0.05) is 47.5 Å². The van der Waals surface area contributed by atoms with Gasteiger partial charge in [0, 0.05) is 23.2 Å². The highest BCUT2D eigenvalue weighted by molar-refractivity contribution is 6.36. The minimum Gasteiger partial charge on any atom is -0.352 e. The van der Waals surface area contributed by atoms with E-state index in [-0.39, 0.29) is 5.91 Å². The van der Waals surface area contributed by atoms with Gasteiger partial charge in [-0.3, -0.25) is 9.78 Å². The third-order valence-corrected chi connectivity index (χ3v) is 5.67. The number of benzene rings is 2. The molecule has 2 aromatic carbocycles. The number of carbonyl (C=O) groups is 1. The highest BCUT2D eigenvalue weighted by Gasteiger charge is 2.18. The van der Waals surface area contributed by atoms with Gasteiger partial charge in [0.1, 0.15) is 0 Å². The third kappa shape index (κ3) is 3.84. The van der Waals surface area contributed by atoms with Crippen molar-refractivity contribution in [3.05, 3.63) is 75.4 Å². The lowest BCUT2D eigenvalue weighted by atomic mass is 9.94. The monoisotopic (exact) mass is 378 g/mol. The average molecular weight is 379 g/mol. The molecule has 1 aromatic heterocycles. The molecule has 0 unspecified atom stereocenters. The van der Waals surface area contributed by atoms with Crippen LogP contribution < -0.4 is 5.32 Å². The Balaban J connectivity index is 1.50. The lowest BCUT2D eigenvalue weighted by molar-refractivity contribution is 0.0954. The van der Waals surface area contributed by atoms with Crippen LogP contribution in [0.2, 0.25) is 5.02 Å². The van der Waals surface area contributed by atoms with Crippen LogP contribution >= 0.6 is 11.6 Å². The molecule has 0 bridgehead atoms. The minimum atomic E-state index is -0.0693. The highest BCUT2D eigenvalue weighted by Crippen LogP contribution is 2.33. The molecule has 3 aromatic rings. The van der Waals surface area contributed by atoms with Gasteiger partial charge in [-0.2, -0.15) is 0 Å². The maximum absolute atomic E-state index is 12.5. The second-order valence-corrected chi connectivity index (χ2v) is 7.66. The number of halogens is 1. The van der Waals surface area contributed by atoms with Crippen molar-refractivity contribution in [3.63, 3.8) is 0 Å². The number of amides is 1. The first-order valence-corrected chi connectivity index (χ1v) is 9.94. The molecule has 4 rings (SSSR count). The molecule has 138 valence electrons. The van der Waals surface area contributed by atoms with Crippen LogP contribution in [0.4, 0.5) is 0 Å². The number of nitrogens with one attached hydrogen (secondary N) is 1. The van der Waals surface area contributed by atoms with E-state index in [1.807, 2.05) is 24.3 Å². The largest absolute Gasteiger partial charge is 0.352 e. The summed E-state index contributed by atoms with van der Waals surface area (Å²) in [5.74, 6) is -0.0693. The van der Waals surface area contributed by atoms with Gasteiger partial charge in [0.2, 0.25) is 0 Å². The van der Waals surface area contributed by atoms with Gasteiger partial charge >= 0.3 is 0 Å². The Morgan fingerprint density at radius 2 is 2.00 bits per heavy atom. The second-order valence-electron chi connectivity index (χ2n) is 7.29. The molecule has 0 fully saturated rings. The number of fused-ring (bicyclic) bond motifs is 2. The molecule has 1 aliphatic rings. The smallest absolute Gasteiger partial charge is 0.251 e. The molecule has 1 amide bonds. The quantitative estimate of drug-likeness (QED) is 0.690. The molecule has 27 heavy (non-hydrogen) atoms. The van der Waals surface area contributed by atoms with Crippen molar-refractivity contribution in [1.82, 2.24) is 10.3 Å². The fourth-order valence-corrected chi connectivity index (χ4v) is 4.16. The summed E-state index contributed by atoms with van der Waals surface area (Å²) in [5, 5.41) is 4.75. The second kappa shape index (κ2) is 7.69. The van der Waals surface area contributed by atoms with E-state index >= 15 is 0 Å². The molecule has 1 N–H and O–H groups in total. The molecule has 1 heterocycles. The van der Waals surface area contributed by atoms with E-state index in [4.69, 9.17) is 16.6 Å². The Kier molecular flexibility index (Phi) is 5.13. The Hall–Kier alpha value is -2.39. The summed E-state index contributed by atoms with van der Waals surface area (Å²) in [6.07, 6.45) is 5.11. The number of aryl methyl sites for hydroxylation is 2. The summed E-state index contributed by atoms with van der Waals surface area (Å²) in [6, 6.07) is 14.0. The van der Waals surface area contributed by atoms with Crippen LogP contribution in [0.5, 0.6) is 0 Å². The van der Waals surface area contributed by atoms with Crippen molar-refractivity contribution >= 4 is 28.4 Å². The van der Waals surface area contributed by atoms with Crippen molar-refractivity contribution in [2.24, 2.45) is 0 Å². The molecule has 3 nitrogen and oxygen atoms in total. The first-order valence-electron chi connectivity index (χ1n) is 9.56. The first kappa shape index (κ1) is 18.0. The van der Waals surface area contributed by atoms with Gasteiger partial charge < -0.3 is 5.32 Å². The van der Waals surface area contributed by atoms with Gasteiger partial charge in [-0.05, 0) is 62.3 Å². The van der Waals surface area contributed by atoms with E-state index in [9.17, 15) is 4.79 Å². The summed E-state index contributed by atoms with van der Waals surface area (Å²) in [4.78, 5) is 17.3. The molecule has 0 radical (unpaired) electrons. The van der Waals surface area contributed by atoms with Crippen LogP contribution in [0, 0.1) is 6.92 Å². The van der Waals surface area contributed by atoms with E-state index in [2.05, 4.69) is 30.4 Å². The SMILES string of the molecule is Cc1cccc(CCNC(=O)c2ccc3c(Cl)c4c(nc3c2)CCCC4)c1. The molecule has 0 saturated carbocycles. The van der Waals surface area contributed by atoms with Crippen LogP contribution in [0.3, 0.4) is 0 Å². The summed E-state index contributed by atoms with van der Waals surface area (Å²) in [7, 11) is 0. The van der Waals surface area contributed by atoms with Crippen molar-refractivity contribution in [3.8, 4) is 0 Å². The predicted octanol–water partition coefficient (Wildman–Crippen LogP) is 5.05. The Morgan fingerprint density at radius 3 is 2.85 bits per heavy atom. The summed E-state index contributed by atoms with van der Waals surface area (Å²) >= 11 is 6.62. The zero-order chi connectivity index (χ0) is 18.8. The highest BCUT2D eigenvalue weighted by atomic mass is 35.5. The van der Waals surface area contributed by atoms with Crippen molar-refractivity contribution < 1.29 is 4.79 Å². The van der Waals surface area contributed by atoms with E-state index < -0.39 is 0 Å². The summed E-state index contributed by atoms with van der Waals surface area (Å²) in [6.45, 7) is 2.69. The molecule has 1 aliphatic carbocycles. The number of hydrogen-bond acceptors (Lipinski definition) is 2. The van der Waals surface area contributed by atoms with Crippen LogP contribution in [-0.4, -0.2) is 17.4 Å². The molecular formula is C23H23ClN2O. The predicted molar refractivity (Wildman–Crippen MR) is 111 cm³/mol. The summed E-state index contributed by atoms with van der Waals surface area (Å²) in [5.41, 5.74) is 6.19. The Labute approximate surface area is 164 Å². The number of rotatable bonds is 4. The lowest BCUT2D eigenvalue weighted by Crippen LogP contribution is -2.25. The molecular weight excluding hydrogens is 356 g/mol. The molecule has 0 aliphatic heterocycles. The maximum Gasteiger partial charge on any atom is 0.251 e. The van der Waals surface area contributed by atoms with E-state index in [0.29, 0.717) is 12.1 Å². The fourth-order valence-electron chi connectivity index (χ4n) is 3.80. The lowest BCUT2D eigenvalue weighted by Gasteiger charge is -2.18. The number of aromatic nitrogens is 1. The molecule has 4 heteroatoms. The van der Waals surface area contributed by atoms with Gasteiger partial charge in [-0.25, -0.2) is 0 Å². The topological polar surface area (TPSA) is 42.0 Å². The zero-order valence-corrected chi connectivity index (χ0v) is 16.3. The fraction of sp³-hybridized carbons (Fsp3) is 0.304. The first-order chi connectivity index (χ1) is 13.1. The number of carbonyl (C=O) groups excluding carboxylic acids is 1. The summed E-state index contributed by atoms with van der Waals surface area (Å²) < 4.78 is 0. The minimum absolute atomic E-state index is 0.0693. The van der Waals surface area contributed by atoms with Crippen LogP contribution in [0.15, 0.2) is 42.5 Å². The van der Waals surface area contributed by atoms with Crippen molar-refractivity contribution in [2.45, 2.75) is 39.0 Å². The van der Waals surface area contributed by atoms with Crippen LogP contribution in [0.1, 0.15) is 45.6 Å². The molecule has 0 spiro atoms. The number of hydrogen-bond donors (Lipinski definition) is 1. The van der Waals surface area contributed by atoms with Crippen LogP contribution in [0.25, 0.3) is 10.9 Å². The standard InChI is InChI=1S/C23H23ClN2O/c1-15-5-4-6-16(13-15)11-12-25-23(27)17-9-10-19-21(14-17)26-20-8-3-2-7-18(20)22(19)24/h4-6,9-10,13-14H,2-3,7-8,11-12H2,1H3,(H,25,27). The Bertz CT molecular complexity index is 1010. The van der Waals surface area contributed by atoms with E-state index in [0.717, 1.165) is 47.3 Å². The molecule has 0 saturated heterocycles. The van der Waals surface area contributed by atoms with E-state index in [1.165, 1.54) is 23.1 Å². The van der Waals surface area contributed by atoms with E-state index in [1.54, 1.807) is 0 Å². The van der Waals surface area contributed by atoms with Crippen molar-refractivity contribution in [1.29, 1.82) is 0 Å². The number of nitrogens with zero attached hydrogens (tertiary/aromatic N) is 1. The normalized spacial score (nSPS) is 13.4. The van der Waals surface area contributed by atoms with Gasteiger partial charge in [0.15, 0.2) is 0 Å². The third-order valence-electron chi connectivity index (χ3n) is 5.24. The van der Waals surface area contributed by atoms with Gasteiger partial charge in [0.05, 0.1) is 10.5 Å². The average Bonchev–Trinajstić information content (AvgIpc) is 2.68.